The molecule has 3 nitrogen and oxygen atoms in total. The van der Waals surface area contributed by atoms with Crippen LogP contribution in [0.15, 0.2) is 28.7 Å². The molecule has 5 heteroatoms. The van der Waals surface area contributed by atoms with E-state index in [0.717, 1.165) is 36.7 Å². The van der Waals surface area contributed by atoms with Crippen molar-refractivity contribution in [3.8, 4) is 0 Å². The van der Waals surface area contributed by atoms with E-state index in [0.29, 0.717) is 5.75 Å². The molecule has 2 atom stereocenters. The average molecular weight is 360 g/mol. The van der Waals surface area contributed by atoms with Crippen molar-refractivity contribution in [3.05, 3.63) is 34.3 Å². The van der Waals surface area contributed by atoms with Crippen molar-refractivity contribution in [3.63, 3.8) is 0 Å². The smallest absolute Gasteiger partial charge is 0.154 e. The number of sulfone groups is 1. The quantitative estimate of drug-likeness (QED) is 0.878. The van der Waals surface area contributed by atoms with Crippen LogP contribution in [0.3, 0.4) is 0 Å². The van der Waals surface area contributed by atoms with Crippen molar-refractivity contribution < 1.29 is 8.42 Å². The molecular weight excluding hydrogens is 338 g/mol. The van der Waals surface area contributed by atoms with E-state index in [4.69, 9.17) is 0 Å². The maximum atomic E-state index is 12.3. The van der Waals surface area contributed by atoms with Crippen LogP contribution in [0.1, 0.15) is 31.7 Å². The number of likely N-dealkylation sites (N-methyl/N-ethyl adjacent to an activating group) is 1. The second-order valence-corrected chi connectivity index (χ2v) is 8.65. The van der Waals surface area contributed by atoms with Crippen LogP contribution in [0.25, 0.3) is 0 Å². The highest BCUT2D eigenvalue weighted by molar-refractivity contribution is 9.10. The first-order valence-corrected chi connectivity index (χ1v) is 9.73. The SMILES string of the molecule is CCNC(Cc1cccc(Br)c1)C1CCCCS1(=O)=O. The summed E-state index contributed by atoms with van der Waals surface area (Å²) in [6.07, 6.45) is 3.38. The number of benzene rings is 1. The Balaban J connectivity index is 2.18. The summed E-state index contributed by atoms with van der Waals surface area (Å²) in [6, 6.07) is 8.13. The summed E-state index contributed by atoms with van der Waals surface area (Å²) in [4.78, 5) is 0. The zero-order valence-corrected chi connectivity index (χ0v) is 14.2. The lowest BCUT2D eigenvalue weighted by Crippen LogP contribution is -2.47. The van der Waals surface area contributed by atoms with E-state index in [1.54, 1.807) is 0 Å². The van der Waals surface area contributed by atoms with Crippen LogP contribution in [0.2, 0.25) is 0 Å². The first-order valence-electron chi connectivity index (χ1n) is 7.22. The molecule has 1 aromatic rings. The largest absolute Gasteiger partial charge is 0.313 e. The van der Waals surface area contributed by atoms with E-state index >= 15 is 0 Å². The number of hydrogen-bond acceptors (Lipinski definition) is 3. The standard InChI is InChI=1S/C15H22BrNO2S/c1-2-17-14(11-12-6-5-7-13(16)10-12)15-8-3-4-9-20(15,18)19/h5-7,10,14-15,17H,2-4,8-9,11H2,1H3. The Labute approximate surface area is 130 Å². The fourth-order valence-corrected chi connectivity index (χ4v) is 5.52. The van der Waals surface area contributed by atoms with E-state index < -0.39 is 9.84 Å². The minimum atomic E-state index is -2.95. The van der Waals surface area contributed by atoms with Crippen molar-refractivity contribution in [1.82, 2.24) is 5.32 Å². The Morgan fingerprint density at radius 3 is 2.85 bits per heavy atom. The molecule has 1 aliphatic rings. The molecule has 0 radical (unpaired) electrons. The fourth-order valence-electron chi connectivity index (χ4n) is 2.95. The van der Waals surface area contributed by atoms with Crippen LogP contribution in [-0.4, -0.2) is 32.0 Å². The highest BCUT2D eigenvalue weighted by Crippen LogP contribution is 2.25. The molecule has 0 aliphatic carbocycles. The third kappa shape index (κ3) is 4.06. The van der Waals surface area contributed by atoms with Crippen LogP contribution in [0.4, 0.5) is 0 Å². The molecule has 2 unspecified atom stereocenters. The van der Waals surface area contributed by atoms with Crippen molar-refractivity contribution in [2.24, 2.45) is 0 Å². The maximum Gasteiger partial charge on any atom is 0.154 e. The van der Waals surface area contributed by atoms with Gasteiger partial charge in [0.1, 0.15) is 0 Å². The van der Waals surface area contributed by atoms with Gasteiger partial charge in [-0.2, -0.15) is 0 Å². The lowest BCUT2D eigenvalue weighted by molar-refractivity contribution is 0.441. The number of rotatable bonds is 5. The van der Waals surface area contributed by atoms with Gasteiger partial charge in [0.2, 0.25) is 0 Å². The third-order valence-corrected chi connectivity index (χ3v) is 6.73. The fraction of sp³-hybridized carbons (Fsp3) is 0.600. The van der Waals surface area contributed by atoms with Crippen LogP contribution < -0.4 is 5.32 Å². The molecule has 1 fully saturated rings. The van der Waals surface area contributed by atoms with Crippen molar-refractivity contribution in [2.45, 2.75) is 43.9 Å². The zero-order chi connectivity index (χ0) is 14.6. The average Bonchev–Trinajstić information content (AvgIpc) is 2.38. The number of nitrogens with one attached hydrogen (secondary N) is 1. The van der Waals surface area contributed by atoms with Gasteiger partial charge in [0.15, 0.2) is 9.84 Å². The van der Waals surface area contributed by atoms with Crippen molar-refractivity contribution >= 4 is 25.8 Å². The Kier molecular flexibility index (Phi) is 5.64. The third-order valence-electron chi connectivity index (χ3n) is 3.89. The minimum Gasteiger partial charge on any atom is -0.313 e. The minimum absolute atomic E-state index is 0.0135. The first-order chi connectivity index (χ1) is 9.53. The summed E-state index contributed by atoms with van der Waals surface area (Å²) >= 11 is 3.47. The Morgan fingerprint density at radius 2 is 2.20 bits per heavy atom. The molecule has 1 N–H and O–H groups in total. The molecule has 1 aromatic carbocycles. The van der Waals surface area contributed by atoms with E-state index in [2.05, 4.69) is 33.4 Å². The highest BCUT2D eigenvalue weighted by Gasteiger charge is 2.35. The number of hydrogen-bond donors (Lipinski definition) is 1. The lowest BCUT2D eigenvalue weighted by Gasteiger charge is -2.30. The summed E-state index contributed by atoms with van der Waals surface area (Å²) in [6.45, 7) is 2.83. The van der Waals surface area contributed by atoms with Gasteiger partial charge in [-0.05, 0) is 43.5 Å². The first kappa shape index (κ1) is 16.0. The van der Waals surface area contributed by atoms with Crippen LogP contribution >= 0.6 is 15.9 Å². The Bertz CT molecular complexity index is 545. The van der Waals surface area contributed by atoms with Crippen LogP contribution in [-0.2, 0) is 16.3 Å². The Morgan fingerprint density at radius 1 is 1.40 bits per heavy atom. The van der Waals surface area contributed by atoms with Gasteiger partial charge < -0.3 is 5.32 Å². The predicted octanol–water partition coefficient (Wildman–Crippen LogP) is 2.94. The lowest BCUT2D eigenvalue weighted by atomic mass is 9.99. The molecular formula is C15H22BrNO2S. The van der Waals surface area contributed by atoms with E-state index in [-0.39, 0.29) is 11.3 Å². The molecule has 1 heterocycles. The van der Waals surface area contributed by atoms with Gasteiger partial charge >= 0.3 is 0 Å². The van der Waals surface area contributed by atoms with Crippen molar-refractivity contribution in [2.75, 3.05) is 12.3 Å². The van der Waals surface area contributed by atoms with Gasteiger partial charge in [-0.15, -0.1) is 0 Å². The van der Waals surface area contributed by atoms with E-state index in [1.807, 2.05) is 19.1 Å². The van der Waals surface area contributed by atoms with Gasteiger partial charge in [-0.25, -0.2) is 8.42 Å². The molecule has 1 saturated heterocycles. The molecule has 0 bridgehead atoms. The molecule has 1 aliphatic heterocycles. The molecule has 2 rings (SSSR count). The van der Waals surface area contributed by atoms with Crippen molar-refractivity contribution in [1.29, 1.82) is 0 Å². The number of halogens is 1. The van der Waals surface area contributed by atoms with Crippen LogP contribution in [0.5, 0.6) is 0 Å². The summed E-state index contributed by atoms with van der Waals surface area (Å²) < 4.78 is 25.7. The normalized spacial score (nSPS) is 23.4. The zero-order valence-electron chi connectivity index (χ0n) is 11.8. The Hall–Kier alpha value is -0.390. The van der Waals surface area contributed by atoms with Gasteiger partial charge in [0, 0.05) is 10.5 Å². The van der Waals surface area contributed by atoms with Crippen LogP contribution in [0, 0.1) is 0 Å². The summed E-state index contributed by atoms with van der Waals surface area (Å²) in [5, 5.41) is 3.14. The highest BCUT2D eigenvalue weighted by atomic mass is 79.9. The molecule has 0 spiro atoms. The molecule has 0 amide bonds. The second-order valence-electron chi connectivity index (χ2n) is 5.40. The summed E-state index contributed by atoms with van der Waals surface area (Å²) in [7, 11) is -2.95. The summed E-state index contributed by atoms with van der Waals surface area (Å²) in [5.41, 5.74) is 1.17. The van der Waals surface area contributed by atoms with Gasteiger partial charge in [0.05, 0.1) is 11.0 Å². The van der Waals surface area contributed by atoms with Gasteiger partial charge in [0.25, 0.3) is 0 Å². The molecule has 112 valence electrons. The topological polar surface area (TPSA) is 46.2 Å². The van der Waals surface area contributed by atoms with E-state index in [9.17, 15) is 8.42 Å². The van der Waals surface area contributed by atoms with Gasteiger partial charge in [-0.1, -0.05) is 41.4 Å². The molecule has 20 heavy (non-hydrogen) atoms. The van der Waals surface area contributed by atoms with E-state index in [1.165, 1.54) is 5.56 Å². The molecule has 0 saturated carbocycles. The summed E-state index contributed by atoms with van der Waals surface area (Å²) in [5.74, 6) is 0.345. The second kappa shape index (κ2) is 7.05. The monoisotopic (exact) mass is 359 g/mol. The maximum absolute atomic E-state index is 12.3. The predicted molar refractivity (Wildman–Crippen MR) is 86.7 cm³/mol. The molecule has 0 aromatic heterocycles. The van der Waals surface area contributed by atoms with Gasteiger partial charge in [-0.3, -0.25) is 0 Å².